The molecule has 4 heteroatoms. The van der Waals surface area contributed by atoms with Crippen LogP contribution < -0.4 is 5.73 Å². The molecule has 1 saturated heterocycles. The second kappa shape index (κ2) is 5.05. The number of thiazole rings is 1. The number of hydrogen-bond acceptors (Lipinski definition) is 4. The fourth-order valence-corrected chi connectivity index (χ4v) is 2.91. The molecule has 0 spiro atoms. The minimum Gasteiger partial charge on any atom is -0.326 e. The molecule has 0 radical (unpaired) electrons. The van der Waals surface area contributed by atoms with Gasteiger partial charge in [-0.15, -0.1) is 11.3 Å². The van der Waals surface area contributed by atoms with Gasteiger partial charge in [-0.05, 0) is 26.3 Å². The number of piperidine rings is 1. The summed E-state index contributed by atoms with van der Waals surface area (Å²) in [6.45, 7) is 5.16. The van der Waals surface area contributed by atoms with Gasteiger partial charge in [-0.3, -0.25) is 4.90 Å². The van der Waals surface area contributed by atoms with E-state index in [0.717, 1.165) is 6.54 Å². The molecule has 0 amide bonds. The third kappa shape index (κ3) is 2.77. The van der Waals surface area contributed by atoms with Gasteiger partial charge in [0, 0.05) is 23.7 Å². The van der Waals surface area contributed by atoms with E-state index < -0.39 is 0 Å². The van der Waals surface area contributed by atoms with Gasteiger partial charge in [-0.25, -0.2) is 4.98 Å². The summed E-state index contributed by atoms with van der Waals surface area (Å²) in [5.74, 6) is 0. The van der Waals surface area contributed by atoms with Gasteiger partial charge in [-0.1, -0.05) is 6.42 Å². The molecule has 15 heavy (non-hydrogen) atoms. The highest BCUT2D eigenvalue weighted by atomic mass is 32.1. The summed E-state index contributed by atoms with van der Waals surface area (Å²) in [5, 5.41) is 1.21. The summed E-state index contributed by atoms with van der Waals surface area (Å²) in [5.41, 5.74) is 5.58. The van der Waals surface area contributed by atoms with Crippen molar-refractivity contribution < 1.29 is 0 Å². The summed E-state index contributed by atoms with van der Waals surface area (Å²) in [6.07, 6.45) is 5.95. The molecular formula is C11H19N3S. The first kappa shape index (κ1) is 11.0. The molecule has 84 valence electrons. The maximum absolute atomic E-state index is 5.58. The highest BCUT2D eigenvalue weighted by molar-refractivity contribution is 7.11. The molecule has 2 heterocycles. The number of aromatic nitrogens is 1. The maximum Gasteiger partial charge on any atom is 0.107 e. The monoisotopic (exact) mass is 225 g/mol. The molecule has 1 aromatic rings. The van der Waals surface area contributed by atoms with Crippen LogP contribution in [0.25, 0.3) is 0 Å². The van der Waals surface area contributed by atoms with Crippen LogP contribution in [-0.2, 0) is 13.1 Å². The van der Waals surface area contributed by atoms with Gasteiger partial charge in [-0.2, -0.15) is 0 Å². The van der Waals surface area contributed by atoms with Crippen LogP contribution in [0.1, 0.15) is 36.1 Å². The maximum atomic E-state index is 5.58. The highest BCUT2D eigenvalue weighted by Gasteiger charge is 2.19. The Kier molecular flexibility index (Phi) is 3.72. The van der Waals surface area contributed by atoms with E-state index in [1.165, 1.54) is 35.7 Å². The van der Waals surface area contributed by atoms with Crippen molar-refractivity contribution in [2.45, 2.75) is 45.3 Å². The first-order chi connectivity index (χ1) is 7.29. The summed E-state index contributed by atoms with van der Waals surface area (Å²) in [7, 11) is 0. The van der Waals surface area contributed by atoms with Gasteiger partial charge in [0.2, 0.25) is 0 Å². The van der Waals surface area contributed by atoms with Gasteiger partial charge in [0.1, 0.15) is 5.01 Å². The van der Waals surface area contributed by atoms with Crippen LogP contribution in [0.15, 0.2) is 6.20 Å². The molecule has 0 aromatic carbocycles. The van der Waals surface area contributed by atoms with Gasteiger partial charge < -0.3 is 5.73 Å². The largest absolute Gasteiger partial charge is 0.326 e. The van der Waals surface area contributed by atoms with Crippen LogP contribution in [0.5, 0.6) is 0 Å². The molecular weight excluding hydrogens is 206 g/mol. The van der Waals surface area contributed by atoms with Gasteiger partial charge in [0.25, 0.3) is 0 Å². The van der Waals surface area contributed by atoms with Crippen molar-refractivity contribution in [2.24, 2.45) is 5.73 Å². The number of nitrogens with two attached hydrogens (primary N) is 1. The lowest BCUT2D eigenvalue weighted by Crippen LogP contribution is -2.36. The Bertz CT molecular complexity index is 311. The molecule has 2 N–H and O–H groups in total. The van der Waals surface area contributed by atoms with E-state index in [-0.39, 0.29) is 0 Å². The second-order valence-corrected chi connectivity index (χ2v) is 5.44. The third-order valence-electron chi connectivity index (χ3n) is 3.08. The molecule has 1 aromatic heterocycles. The Morgan fingerprint density at radius 1 is 1.60 bits per heavy atom. The van der Waals surface area contributed by atoms with Crippen molar-refractivity contribution in [2.75, 3.05) is 6.54 Å². The number of hydrogen-bond donors (Lipinski definition) is 1. The summed E-state index contributed by atoms with van der Waals surface area (Å²) in [6, 6.07) is 0.712. The smallest absolute Gasteiger partial charge is 0.107 e. The molecule has 1 atom stereocenters. The van der Waals surface area contributed by atoms with Crippen LogP contribution in [-0.4, -0.2) is 22.5 Å². The molecule has 1 aliphatic rings. The zero-order valence-electron chi connectivity index (χ0n) is 9.28. The second-order valence-electron chi connectivity index (χ2n) is 4.24. The van der Waals surface area contributed by atoms with Crippen molar-refractivity contribution in [3.05, 3.63) is 16.1 Å². The summed E-state index contributed by atoms with van der Waals surface area (Å²) < 4.78 is 0. The first-order valence-corrected chi connectivity index (χ1v) is 6.49. The lowest BCUT2D eigenvalue weighted by Gasteiger charge is -2.32. The predicted molar refractivity (Wildman–Crippen MR) is 63.7 cm³/mol. The molecule has 1 unspecified atom stereocenters. The van der Waals surface area contributed by atoms with E-state index >= 15 is 0 Å². The Morgan fingerprint density at radius 3 is 3.13 bits per heavy atom. The number of nitrogens with zero attached hydrogens (tertiary/aromatic N) is 2. The van der Waals surface area contributed by atoms with E-state index in [4.69, 9.17) is 5.73 Å². The van der Waals surface area contributed by atoms with Crippen LogP contribution in [0.2, 0.25) is 0 Å². The Balaban J connectivity index is 1.95. The van der Waals surface area contributed by atoms with Crippen molar-refractivity contribution in [3.8, 4) is 0 Å². The van der Waals surface area contributed by atoms with E-state index in [0.29, 0.717) is 12.6 Å². The molecule has 1 aliphatic heterocycles. The average Bonchev–Trinajstić information content (AvgIpc) is 2.69. The topological polar surface area (TPSA) is 42.2 Å². The number of likely N-dealkylation sites (tertiary alicyclic amines) is 1. The quantitative estimate of drug-likeness (QED) is 0.855. The lowest BCUT2D eigenvalue weighted by molar-refractivity contribution is 0.152. The predicted octanol–water partition coefficient (Wildman–Crippen LogP) is 1.98. The van der Waals surface area contributed by atoms with Gasteiger partial charge >= 0.3 is 0 Å². The van der Waals surface area contributed by atoms with Crippen molar-refractivity contribution in [1.29, 1.82) is 0 Å². The van der Waals surface area contributed by atoms with E-state index in [2.05, 4.69) is 16.8 Å². The third-order valence-corrected chi connectivity index (χ3v) is 4.09. The molecule has 1 fully saturated rings. The van der Waals surface area contributed by atoms with Crippen molar-refractivity contribution in [3.63, 3.8) is 0 Å². The summed E-state index contributed by atoms with van der Waals surface area (Å²) in [4.78, 5) is 8.13. The normalized spacial score (nSPS) is 23.2. The number of rotatable bonds is 3. The minimum atomic E-state index is 0.618. The van der Waals surface area contributed by atoms with Gasteiger partial charge in [0.05, 0.1) is 6.54 Å². The highest BCUT2D eigenvalue weighted by Crippen LogP contribution is 2.21. The fourth-order valence-electron chi connectivity index (χ4n) is 2.08. The standard InChI is InChI=1S/C11H19N3S/c1-9-4-2-3-5-14(9)8-11-13-7-10(6-12)15-11/h7,9H,2-6,8,12H2,1H3. The average molecular weight is 225 g/mol. The molecule has 0 saturated carbocycles. The van der Waals surface area contributed by atoms with Crippen LogP contribution in [0.3, 0.4) is 0 Å². The van der Waals surface area contributed by atoms with Crippen molar-refractivity contribution >= 4 is 11.3 Å². The van der Waals surface area contributed by atoms with E-state index in [9.17, 15) is 0 Å². The van der Waals surface area contributed by atoms with E-state index in [1.54, 1.807) is 11.3 Å². The Morgan fingerprint density at radius 2 is 2.47 bits per heavy atom. The molecule has 0 bridgehead atoms. The Labute approximate surface area is 95.3 Å². The van der Waals surface area contributed by atoms with Crippen LogP contribution in [0.4, 0.5) is 0 Å². The SMILES string of the molecule is CC1CCCCN1Cc1ncc(CN)s1. The van der Waals surface area contributed by atoms with Crippen LogP contribution in [0, 0.1) is 0 Å². The lowest BCUT2D eigenvalue weighted by atomic mass is 10.0. The molecule has 3 nitrogen and oxygen atoms in total. The van der Waals surface area contributed by atoms with Gasteiger partial charge in [0.15, 0.2) is 0 Å². The zero-order chi connectivity index (χ0) is 10.7. The first-order valence-electron chi connectivity index (χ1n) is 5.67. The molecule has 2 rings (SSSR count). The van der Waals surface area contributed by atoms with E-state index in [1.807, 2.05) is 6.20 Å². The Hall–Kier alpha value is -0.450. The summed E-state index contributed by atoms with van der Waals surface area (Å²) >= 11 is 1.75. The van der Waals surface area contributed by atoms with Crippen molar-refractivity contribution in [1.82, 2.24) is 9.88 Å². The fraction of sp³-hybridized carbons (Fsp3) is 0.727. The minimum absolute atomic E-state index is 0.618. The van der Waals surface area contributed by atoms with Crippen LogP contribution >= 0.6 is 11.3 Å². The molecule has 0 aliphatic carbocycles. The zero-order valence-corrected chi connectivity index (χ0v) is 10.1.